The molecular formula is C20H23N3O5. The zero-order chi connectivity index (χ0) is 20.5. The number of hydrogen-bond donors (Lipinski definition) is 2. The van der Waals surface area contributed by atoms with Gasteiger partial charge in [0.1, 0.15) is 6.54 Å². The number of carbonyl (C=O) groups excluding carboxylic acids is 4. The van der Waals surface area contributed by atoms with Gasteiger partial charge >= 0.3 is 5.97 Å². The summed E-state index contributed by atoms with van der Waals surface area (Å²) in [4.78, 5) is 48.0. The summed E-state index contributed by atoms with van der Waals surface area (Å²) in [6.07, 6.45) is 0.127. The number of amides is 3. The van der Waals surface area contributed by atoms with Crippen LogP contribution in [0, 0.1) is 0 Å². The summed E-state index contributed by atoms with van der Waals surface area (Å²) in [5, 5.41) is 6.83. The second-order valence-electron chi connectivity index (χ2n) is 6.32. The van der Waals surface area contributed by atoms with E-state index in [0.717, 1.165) is 16.3 Å². The van der Waals surface area contributed by atoms with E-state index < -0.39 is 18.5 Å². The molecule has 0 radical (unpaired) electrons. The fraction of sp³-hybridized carbons (Fsp3) is 0.300. The molecule has 2 aromatic carbocycles. The van der Waals surface area contributed by atoms with Crippen LogP contribution in [-0.2, 0) is 30.3 Å². The largest absolute Gasteiger partial charge is 0.454 e. The quantitative estimate of drug-likeness (QED) is 0.634. The standard InChI is InChI=1S/C20H23N3O5/c1-23(2)19(26)11-21-18(25)13-28-20(27)12-22-17(24)10-15-8-5-7-14-6-3-4-9-16(14)15/h3-9H,10-13H2,1-2H3,(H,21,25)(H,22,24). The van der Waals surface area contributed by atoms with Gasteiger partial charge in [0.15, 0.2) is 6.61 Å². The van der Waals surface area contributed by atoms with Gasteiger partial charge in [0.05, 0.1) is 13.0 Å². The fourth-order valence-electron chi connectivity index (χ4n) is 2.43. The number of hydrogen-bond acceptors (Lipinski definition) is 5. The van der Waals surface area contributed by atoms with Crippen molar-refractivity contribution in [2.24, 2.45) is 0 Å². The van der Waals surface area contributed by atoms with E-state index in [0.29, 0.717) is 0 Å². The van der Waals surface area contributed by atoms with Crippen LogP contribution in [0.1, 0.15) is 5.56 Å². The van der Waals surface area contributed by atoms with Gasteiger partial charge < -0.3 is 20.3 Å². The molecule has 0 bridgehead atoms. The zero-order valence-corrected chi connectivity index (χ0v) is 15.9. The maximum atomic E-state index is 12.1. The molecule has 0 aromatic heterocycles. The van der Waals surface area contributed by atoms with E-state index in [9.17, 15) is 19.2 Å². The third kappa shape index (κ3) is 6.39. The molecule has 0 saturated carbocycles. The Hall–Kier alpha value is -3.42. The third-order valence-corrected chi connectivity index (χ3v) is 3.96. The Kier molecular flexibility index (Phi) is 7.50. The summed E-state index contributed by atoms with van der Waals surface area (Å²) < 4.78 is 4.78. The van der Waals surface area contributed by atoms with E-state index in [1.807, 2.05) is 42.5 Å². The summed E-state index contributed by atoms with van der Waals surface area (Å²) >= 11 is 0. The lowest BCUT2D eigenvalue weighted by Gasteiger charge is -2.11. The number of carbonyl (C=O) groups is 4. The maximum Gasteiger partial charge on any atom is 0.325 e. The summed E-state index contributed by atoms with van der Waals surface area (Å²) in [5.74, 6) is -1.93. The number of benzene rings is 2. The highest BCUT2D eigenvalue weighted by molar-refractivity contribution is 5.91. The highest BCUT2D eigenvalue weighted by Gasteiger charge is 2.12. The molecule has 8 heteroatoms. The average molecular weight is 385 g/mol. The number of nitrogens with zero attached hydrogens (tertiary/aromatic N) is 1. The number of ether oxygens (including phenoxy) is 1. The van der Waals surface area contributed by atoms with Gasteiger partial charge in [-0.25, -0.2) is 0 Å². The van der Waals surface area contributed by atoms with E-state index in [4.69, 9.17) is 4.74 Å². The normalized spacial score (nSPS) is 10.2. The predicted molar refractivity (Wildman–Crippen MR) is 103 cm³/mol. The van der Waals surface area contributed by atoms with Gasteiger partial charge in [0.25, 0.3) is 5.91 Å². The molecule has 0 aliphatic heterocycles. The lowest BCUT2D eigenvalue weighted by atomic mass is 10.0. The van der Waals surface area contributed by atoms with E-state index in [1.54, 1.807) is 14.1 Å². The number of likely N-dealkylation sites (N-methyl/N-ethyl adjacent to an activating group) is 1. The van der Waals surface area contributed by atoms with Crippen LogP contribution in [0.4, 0.5) is 0 Å². The highest BCUT2D eigenvalue weighted by atomic mass is 16.5. The summed E-state index contributed by atoms with van der Waals surface area (Å²) in [6.45, 7) is -1.03. The van der Waals surface area contributed by atoms with Gasteiger partial charge in [-0.3, -0.25) is 19.2 Å². The van der Waals surface area contributed by atoms with Crippen LogP contribution in [-0.4, -0.2) is 62.4 Å². The summed E-state index contributed by atoms with van der Waals surface area (Å²) in [6, 6.07) is 13.4. The van der Waals surface area contributed by atoms with Gasteiger partial charge in [0, 0.05) is 14.1 Å². The first-order chi connectivity index (χ1) is 13.4. The number of nitrogens with one attached hydrogen (secondary N) is 2. The minimum absolute atomic E-state index is 0.127. The summed E-state index contributed by atoms with van der Waals surface area (Å²) in [5.41, 5.74) is 0.855. The van der Waals surface area contributed by atoms with Crippen LogP contribution < -0.4 is 10.6 Å². The minimum atomic E-state index is -0.736. The SMILES string of the molecule is CN(C)C(=O)CNC(=O)COC(=O)CNC(=O)Cc1cccc2ccccc12. The molecule has 0 unspecified atom stereocenters. The van der Waals surface area contributed by atoms with Crippen molar-refractivity contribution >= 4 is 34.5 Å². The van der Waals surface area contributed by atoms with Crippen molar-refractivity contribution in [3.63, 3.8) is 0 Å². The van der Waals surface area contributed by atoms with Gasteiger partial charge in [-0.05, 0) is 16.3 Å². The molecule has 0 spiro atoms. The Labute approximate surface area is 162 Å². The monoisotopic (exact) mass is 385 g/mol. The topological polar surface area (TPSA) is 105 Å². The molecule has 8 nitrogen and oxygen atoms in total. The first kappa shape index (κ1) is 20.9. The Bertz CT molecular complexity index is 874. The lowest BCUT2D eigenvalue weighted by Crippen LogP contribution is -2.39. The smallest absolute Gasteiger partial charge is 0.325 e. The van der Waals surface area contributed by atoms with Crippen LogP contribution in [0.2, 0.25) is 0 Å². The van der Waals surface area contributed by atoms with Crippen molar-refractivity contribution in [3.05, 3.63) is 48.0 Å². The van der Waals surface area contributed by atoms with Crippen molar-refractivity contribution in [1.82, 2.24) is 15.5 Å². The van der Waals surface area contributed by atoms with Crippen LogP contribution in [0.5, 0.6) is 0 Å². The molecule has 0 saturated heterocycles. The first-order valence-electron chi connectivity index (χ1n) is 8.72. The van der Waals surface area contributed by atoms with Gasteiger partial charge in [0.2, 0.25) is 11.8 Å². The maximum absolute atomic E-state index is 12.1. The highest BCUT2D eigenvalue weighted by Crippen LogP contribution is 2.18. The number of fused-ring (bicyclic) bond motifs is 1. The Balaban J connectivity index is 1.73. The minimum Gasteiger partial charge on any atom is -0.454 e. The van der Waals surface area contributed by atoms with Crippen molar-refractivity contribution in [3.8, 4) is 0 Å². The molecule has 0 aliphatic rings. The lowest BCUT2D eigenvalue weighted by molar-refractivity contribution is -0.148. The zero-order valence-electron chi connectivity index (χ0n) is 15.9. The second-order valence-corrected chi connectivity index (χ2v) is 6.32. The van der Waals surface area contributed by atoms with Crippen molar-refractivity contribution in [2.45, 2.75) is 6.42 Å². The van der Waals surface area contributed by atoms with E-state index in [1.165, 1.54) is 4.90 Å². The van der Waals surface area contributed by atoms with E-state index >= 15 is 0 Å². The van der Waals surface area contributed by atoms with Crippen LogP contribution in [0.15, 0.2) is 42.5 Å². The molecule has 2 aromatic rings. The predicted octanol–water partition coefficient (Wildman–Crippen LogP) is 0.246. The van der Waals surface area contributed by atoms with Crippen LogP contribution in [0.3, 0.4) is 0 Å². The molecular weight excluding hydrogens is 362 g/mol. The molecule has 2 rings (SSSR count). The van der Waals surface area contributed by atoms with Gasteiger partial charge in [-0.15, -0.1) is 0 Å². The average Bonchev–Trinajstić information content (AvgIpc) is 2.69. The molecule has 0 heterocycles. The molecule has 148 valence electrons. The Morgan fingerprint density at radius 1 is 0.893 bits per heavy atom. The van der Waals surface area contributed by atoms with Gasteiger partial charge in [-0.2, -0.15) is 0 Å². The van der Waals surface area contributed by atoms with Crippen LogP contribution in [0.25, 0.3) is 10.8 Å². The molecule has 0 atom stereocenters. The Morgan fingerprint density at radius 3 is 2.32 bits per heavy atom. The molecule has 28 heavy (non-hydrogen) atoms. The molecule has 0 aliphatic carbocycles. The van der Waals surface area contributed by atoms with Crippen molar-refractivity contribution in [2.75, 3.05) is 33.8 Å². The van der Waals surface area contributed by atoms with Crippen LogP contribution >= 0.6 is 0 Å². The second kappa shape index (κ2) is 10.1. The number of rotatable bonds is 8. The molecule has 0 fully saturated rings. The molecule has 3 amide bonds. The summed E-state index contributed by atoms with van der Waals surface area (Å²) in [7, 11) is 3.13. The van der Waals surface area contributed by atoms with Crippen molar-refractivity contribution in [1.29, 1.82) is 0 Å². The molecule has 2 N–H and O–H groups in total. The fourth-order valence-corrected chi connectivity index (χ4v) is 2.43. The van der Waals surface area contributed by atoms with E-state index in [2.05, 4.69) is 10.6 Å². The van der Waals surface area contributed by atoms with Crippen molar-refractivity contribution < 1.29 is 23.9 Å². The third-order valence-electron chi connectivity index (χ3n) is 3.96. The first-order valence-corrected chi connectivity index (χ1v) is 8.72. The Morgan fingerprint density at radius 2 is 1.57 bits per heavy atom. The number of esters is 1. The van der Waals surface area contributed by atoms with E-state index in [-0.39, 0.29) is 31.3 Å². The van der Waals surface area contributed by atoms with Gasteiger partial charge in [-0.1, -0.05) is 42.5 Å².